The van der Waals surface area contributed by atoms with Crippen LogP contribution in [0.15, 0.2) is 36.4 Å². The van der Waals surface area contributed by atoms with E-state index in [4.69, 9.17) is 0 Å². The summed E-state index contributed by atoms with van der Waals surface area (Å²) in [5, 5.41) is 2.81. The molecule has 1 aliphatic carbocycles. The first-order chi connectivity index (χ1) is 6.95. The van der Waals surface area contributed by atoms with Gasteiger partial charge in [0.15, 0.2) is 0 Å². The summed E-state index contributed by atoms with van der Waals surface area (Å²) >= 11 is 0. The predicted octanol–water partition coefficient (Wildman–Crippen LogP) is 2.04. The van der Waals surface area contributed by atoms with Crippen LogP contribution in [0.3, 0.4) is 0 Å². The fourth-order valence-corrected chi connectivity index (χ4v) is 2.68. The van der Waals surface area contributed by atoms with Crippen molar-refractivity contribution >= 4 is 10.8 Å². The second-order valence-corrected chi connectivity index (χ2v) is 4.04. The lowest BCUT2D eigenvalue weighted by atomic mass is 10.0. The standard InChI is InChI=1S/C12H10N2/c1-3-7-4-2-6-9-10(7)8(5-1)11-12(9)14-13-11/h1-6,11-14H. The normalized spacial score (nSPS) is 27.4. The van der Waals surface area contributed by atoms with Crippen molar-refractivity contribution < 1.29 is 0 Å². The molecule has 2 aromatic rings. The van der Waals surface area contributed by atoms with Crippen LogP contribution in [0.1, 0.15) is 23.2 Å². The van der Waals surface area contributed by atoms with Crippen LogP contribution in [0.4, 0.5) is 0 Å². The number of rotatable bonds is 0. The molecule has 2 atom stereocenters. The number of hydrogen-bond donors (Lipinski definition) is 2. The third-order valence-corrected chi connectivity index (χ3v) is 3.37. The Bertz CT molecular complexity index is 488. The van der Waals surface area contributed by atoms with Gasteiger partial charge in [0.2, 0.25) is 0 Å². The minimum Gasteiger partial charge on any atom is -0.248 e. The molecule has 1 heterocycles. The Kier molecular flexibility index (Phi) is 1.08. The third-order valence-electron chi connectivity index (χ3n) is 3.37. The summed E-state index contributed by atoms with van der Waals surface area (Å²) in [7, 11) is 0. The molecular formula is C12H10N2. The molecule has 2 aliphatic rings. The van der Waals surface area contributed by atoms with E-state index in [1.54, 1.807) is 0 Å². The Labute approximate surface area is 81.9 Å². The average molecular weight is 182 g/mol. The number of fused-ring (bicyclic) bond motifs is 3. The highest BCUT2D eigenvalue weighted by Gasteiger charge is 2.40. The Morgan fingerprint density at radius 1 is 0.786 bits per heavy atom. The van der Waals surface area contributed by atoms with Crippen LogP contribution in [-0.2, 0) is 0 Å². The Morgan fingerprint density at radius 2 is 1.36 bits per heavy atom. The zero-order valence-electron chi connectivity index (χ0n) is 7.62. The van der Waals surface area contributed by atoms with Crippen molar-refractivity contribution in [3.63, 3.8) is 0 Å². The number of benzene rings is 2. The lowest BCUT2D eigenvalue weighted by Gasteiger charge is -2.34. The van der Waals surface area contributed by atoms with Crippen molar-refractivity contribution in [2.75, 3.05) is 0 Å². The molecule has 4 rings (SSSR count). The number of hydrogen-bond acceptors (Lipinski definition) is 2. The lowest BCUT2D eigenvalue weighted by Crippen LogP contribution is -2.52. The van der Waals surface area contributed by atoms with Gasteiger partial charge in [-0.1, -0.05) is 36.4 Å². The highest BCUT2D eigenvalue weighted by Crippen LogP contribution is 2.46. The molecule has 0 saturated carbocycles. The summed E-state index contributed by atoms with van der Waals surface area (Å²) < 4.78 is 0. The molecule has 0 radical (unpaired) electrons. The summed E-state index contributed by atoms with van der Waals surface area (Å²) in [6.45, 7) is 0. The van der Waals surface area contributed by atoms with Crippen molar-refractivity contribution in [3.05, 3.63) is 47.5 Å². The van der Waals surface area contributed by atoms with E-state index in [0.717, 1.165) is 0 Å². The average Bonchev–Trinajstić information content (AvgIpc) is 2.36. The Morgan fingerprint density at radius 3 is 1.86 bits per heavy atom. The van der Waals surface area contributed by atoms with E-state index < -0.39 is 0 Å². The molecule has 1 saturated heterocycles. The Balaban J connectivity index is 2.22. The first-order valence-corrected chi connectivity index (χ1v) is 4.98. The predicted molar refractivity (Wildman–Crippen MR) is 55.7 cm³/mol. The maximum atomic E-state index is 3.26. The van der Waals surface area contributed by atoms with Gasteiger partial charge < -0.3 is 0 Å². The van der Waals surface area contributed by atoms with Crippen LogP contribution in [0.2, 0.25) is 0 Å². The second kappa shape index (κ2) is 2.16. The first kappa shape index (κ1) is 6.98. The van der Waals surface area contributed by atoms with Crippen molar-refractivity contribution in [1.82, 2.24) is 10.9 Å². The summed E-state index contributed by atoms with van der Waals surface area (Å²) in [4.78, 5) is 0. The SMILES string of the molecule is c1cc2c3c(cccc3c1)C1NNC21. The van der Waals surface area contributed by atoms with Crippen LogP contribution in [0, 0.1) is 0 Å². The van der Waals surface area contributed by atoms with E-state index in [1.807, 2.05) is 0 Å². The van der Waals surface area contributed by atoms with Crippen molar-refractivity contribution in [2.45, 2.75) is 12.1 Å². The Hall–Kier alpha value is -1.38. The van der Waals surface area contributed by atoms with Gasteiger partial charge in [0.25, 0.3) is 0 Å². The summed E-state index contributed by atoms with van der Waals surface area (Å²) in [6.07, 6.45) is 0. The molecule has 0 spiro atoms. The molecule has 1 fully saturated rings. The van der Waals surface area contributed by atoms with Gasteiger partial charge in [0, 0.05) is 0 Å². The summed E-state index contributed by atoms with van der Waals surface area (Å²) in [6, 6.07) is 14.1. The largest absolute Gasteiger partial charge is 0.248 e. The molecule has 0 bridgehead atoms. The van der Waals surface area contributed by atoms with Crippen LogP contribution >= 0.6 is 0 Å². The zero-order valence-corrected chi connectivity index (χ0v) is 7.62. The molecule has 2 unspecified atom stereocenters. The van der Waals surface area contributed by atoms with Crippen LogP contribution in [0.5, 0.6) is 0 Å². The van der Waals surface area contributed by atoms with Gasteiger partial charge in [-0.2, -0.15) is 0 Å². The van der Waals surface area contributed by atoms with Gasteiger partial charge in [0.05, 0.1) is 12.1 Å². The van der Waals surface area contributed by atoms with Crippen molar-refractivity contribution in [3.8, 4) is 0 Å². The molecule has 0 amide bonds. The van der Waals surface area contributed by atoms with Gasteiger partial charge in [0.1, 0.15) is 0 Å². The minimum atomic E-state index is 0.496. The third kappa shape index (κ3) is 0.626. The minimum absolute atomic E-state index is 0.496. The number of nitrogens with one attached hydrogen (secondary N) is 2. The quantitative estimate of drug-likeness (QED) is 0.651. The molecule has 1 aliphatic heterocycles. The fourth-order valence-electron chi connectivity index (χ4n) is 2.68. The molecule has 2 heteroatoms. The molecular weight excluding hydrogens is 172 g/mol. The zero-order chi connectivity index (χ0) is 9.12. The van der Waals surface area contributed by atoms with Gasteiger partial charge in [-0.05, 0) is 21.9 Å². The second-order valence-electron chi connectivity index (χ2n) is 4.04. The highest BCUT2D eigenvalue weighted by molar-refractivity contribution is 5.92. The smallest absolute Gasteiger partial charge is 0.0677 e. The van der Waals surface area contributed by atoms with Gasteiger partial charge >= 0.3 is 0 Å². The van der Waals surface area contributed by atoms with Gasteiger partial charge in [-0.25, -0.2) is 10.9 Å². The van der Waals surface area contributed by atoms with Crippen molar-refractivity contribution in [2.24, 2.45) is 0 Å². The fraction of sp³-hybridized carbons (Fsp3) is 0.167. The number of hydrazine groups is 1. The van der Waals surface area contributed by atoms with E-state index in [-0.39, 0.29) is 0 Å². The molecule has 14 heavy (non-hydrogen) atoms. The first-order valence-electron chi connectivity index (χ1n) is 4.98. The van der Waals surface area contributed by atoms with E-state index in [2.05, 4.69) is 47.2 Å². The summed E-state index contributed by atoms with van der Waals surface area (Å²) in [5.41, 5.74) is 9.42. The van der Waals surface area contributed by atoms with E-state index in [9.17, 15) is 0 Å². The molecule has 2 aromatic carbocycles. The van der Waals surface area contributed by atoms with Crippen LogP contribution < -0.4 is 10.9 Å². The van der Waals surface area contributed by atoms with E-state index >= 15 is 0 Å². The van der Waals surface area contributed by atoms with E-state index in [1.165, 1.54) is 21.9 Å². The highest BCUT2D eigenvalue weighted by atomic mass is 15.5. The molecule has 68 valence electrons. The van der Waals surface area contributed by atoms with Crippen LogP contribution in [0.25, 0.3) is 10.8 Å². The molecule has 0 aromatic heterocycles. The van der Waals surface area contributed by atoms with Crippen molar-refractivity contribution in [1.29, 1.82) is 0 Å². The maximum absolute atomic E-state index is 3.26. The molecule has 2 nitrogen and oxygen atoms in total. The summed E-state index contributed by atoms with van der Waals surface area (Å²) in [5.74, 6) is 0. The van der Waals surface area contributed by atoms with Crippen LogP contribution in [-0.4, -0.2) is 0 Å². The van der Waals surface area contributed by atoms with E-state index in [0.29, 0.717) is 12.1 Å². The maximum Gasteiger partial charge on any atom is 0.0677 e. The molecule has 2 N–H and O–H groups in total. The van der Waals surface area contributed by atoms with Gasteiger partial charge in [-0.3, -0.25) is 0 Å². The topological polar surface area (TPSA) is 24.1 Å². The monoisotopic (exact) mass is 182 g/mol. The lowest BCUT2D eigenvalue weighted by molar-refractivity contribution is 0.215. The van der Waals surface area contributed by atoms with Gasteiger partial charge in [-0.15, -0.1) is 0 Å².